The van der Waals surface area contributed by atoms with Crippen molar-refractivity contribution in [3.63, 3.8) is 0 Å². The number of carbonyl (C=O) groups excluding carboxylic acids is 1. The number of aromatic nitrogens is 1. The molecule has 1 unspecified atom stereocenters. The number of carbonyl (C=O) groups is 1. The quantitative estimate of drug-likeness (QED) is 0.868. The highest BCUT2D eigenvalue weighted by Gasteiger charge is 2.15. The minimum atomic E-state index is -0.177. The second-order valence-corrected chi connectivity index (χ2v) is 4.77. The Morgan fingerprint density at radius 2 is 2.50 bits per heavy atom. The van der Waals surface area contributed by atoms with E-state index in [1.54, 1.807) is 0 Å². The van der Waals surface area contributed by atoms with Gasteiger partial charge in [-0.1, -0.05) is 11.6 Å². The predicted octanol–water partition coefficient (Wildman–Crippen LogP) is 1.47. The lowest BCUT2D eigenvalue weighted by Gasteiger charge is -2.09. The van der Waals surface area contributed by atoms with Crippen molar-refractivity contribution in [2.75, 3.05) is 25.5 Å². The molecule has 0 aromatic carbocycles. The highest BCUT2D eigenvalue weighted by atomic mass is 35.5. The van der Waals surface area contributed by atoms with E-state index in [-0.39, 0.29) is 11.7 Å². The summed E-state index contributed by atoms with van der Waals surface area (Å²) < 4.78 is 5.27. The van der Waals surface area contributed by atoms with Crippen LogP contribution in [0.1, 0.15) is 23.2 Å². The SMILES string of the molecule is Nc1ncc(C(=O)NCCC2CCOC2)cc1Cl. The van der Waals surface area contributed by atoms with Gasteiger partial charge in [0.05, 0.1) is 10.6 Å². The van der Waals surface area contributed by atoms with Gasteiger partial charge in [0, 0.05) is 26.0 Å². The zero-order chi connectivity index (χ0) is 13.0. The van der Waals surface area contributed by atoms with Gasteiger partial charge in [-0.2, -0.15) is 0 Å². The molecule has 0 spiro atoms. The van der Waals surface area contributed by atoms with Crippen molar-refractivity contribution in [2.24, 2.45) is 5.92 Å². The number of nitrogens with one attached hydrogen (secondary N) is 1. The number of pyridine rings is 1. The second-order valence-electron chi connectivity index (χ2n) is 4.37. The molecule has 98 valence electrons. The van der Waals surface area contributed by atoms with Crippen LogP contribution in [0.4, 0.5) is 5.82 Å². The number of anilines is 1. The summed E-state index contributed by atoms with van der Waals surface area (Å²) in [4.78, 5) is 15.7. The fraction of sp³-hybridized carbons (Fsp3) is 0.500. The van der Waals surface area contributed by atoms with E-state index in [1.165, 1.54) is 12.3 Å². The maximum atomic E-state index is 11.8. The van der Waals surface area contributed by atoms with Gasteiger partial charge >= 0.3 is 0 Å². The Kier molecular flexibility index (Phi) is 4.38. The summed E-state index contributed by atoms with van der Waals surface area (Å²) in [6.45, 7) is 2.26. The highest BCUT2D eigenvalue weighted by molar-refractivity contribution is 6.33. The van der Waals surface area contributed by atoms with Crippen molar-refractivity contribution < 1.29 is 9.53 Å². The number of nitrogens with two attached hydrogens (primary N) is 1. The van der Waals surface area contributed by atoms with Gasteiger partial charge in [-0.15, -0.1) is 0 Å². The molecule has 0 aliphatic carbocycles. The lowest BCUT2D eigenvalue weighted by Crippen LogP contribution is -2.26. The molecule has 1 fully saturated rings. The van der Waals surface area contributed by atoms with Crippen LogP contribution in [0, 0.1) is 5.92 Å². The van der Waals surface area contributed by atoms with Gasteiger partial charge in [-0.25, -0.2) is 4.98 Å². The minimum Gasteiger partial charge on any atom is -0.382 e. The smallest absolute Gasteiger partial charge is 0.252 e. The van der Waals surface area contributed by atoms with Crippen LogP contribution in [0.5, 0.6) is 0 Å². The first kappa shape index (κ1) is 13.1. The van der Waals surface area contributed by atoms with Gasteiger partial charge in [-0.3, -0.25) is 4.79 Å². The monoisotopic (exact) mass is 269 g/mol. The Morgan fingerprint density at radius 1 is 1.67 bits per heavy atom. The fourth-order valence-corrected chi connectivity index (χ4v) is 2.04. The fourth-order valence-electron chi connectivity index (χ4n) is 1.88. The molecule has 1 aromatic heterocycles. The molecule has 1 aliphatic heterocycles. The molecule has 1 saturated heterocycles. The van der Waals surface area contributed by atoms with E-state index in [2.05, 4.69) is 10.3 Å². The van der Waals surface area contributed by atoms with E-state index < -0.39 is 0 Å². The number of halogens is 1. The van der Waals surface area contributed by atoms with E-state index in [9.17, 15) is 4.79 Å². The molecule has 5 nitrogen and oxygen atoms in total. The average Bonchev–Trinajstić information content (AvgIpc) is 2.85. The zero-order valence-corrected chi connectivity index (χ0v) is 10.7. The van der Waals surface area contributed by atoms with Crippen molar-refractivity contribution >= 4 is 23.3 Å². The number of hydrogen-bond acceptors (Lipinski definition) is 4. The largest absolute Gasteiger partial charge is 0.382 e. The molecule has 0 radical (unpaired) electrons. The molecule has 18 heavy (non-hydrogen) atoms. The number of nitrogens with zero attached hydrogens (tertiary/aromatic N) is 1. The summed E-state index contributed by atoms with van der Waals surface area (Å²) in [7, 11) is 0. The molecule has 6 heteroatoms. The van der Waals surface area contributed by atoms with Crippen LogP contribution in [-0.4, -0.2) is 30.6 Å². The van der Waals surface area contributed by atoms with E-state index >= 15 is 0 Å². The number of nitrogen functional groups attached to an aromatic ring is 1. The van der Waals surface area contributed by atoms with Gasteiger partial charge in [0.15, 0.2) is 0 Å². The Morgan fingerprint density at radius 3 is 3.17 bits per heavy atom. The van der Waals surface area contributed by atoms with E-state index in [1.807, 2.05) is 0 Å². The summed E-state index contributed by atoms with van der Waals surface area (Å²) in [5.41, 5.74) is 5.91. The topological polar surface area (TPSA) is 77.2 Å². The van der Waals surface area contributed by atoms with E-state index in [0.29, 0.717) is 23.0 Å². The number of hydrogen-bond donors (Lipinski definition) is 2. The summed E-state index contributed by atoms with van der Waals surface area (Å²) in [6.07, 6.45) is 3.43. The maximum absolute atomic E-state index is 11.8. The summed E-state index contributed by atoms with van der Waals surface area (Å²) >= 11 is 5.81. The Bertz CT molecular complexity index is 433. The van der Waals surface area contributed by atoms with Crippen molar-refractivity contribution in [2.45, 2.75) is 12.8 Å². The first-order chi connectivity index (χ1) is 8.66. The van der Waals surface area contributed by atoms with Crippen molar-refractivity contribution in [3.05, 3.63) is 22.8 Å². The average molecular weight is 270 g/mol. The molecule has 1 aliphatic rings. The van der Waals surface area contributed by atoms with E-state index in [4.69, 9.17) is 22.1 Å². The first-order valence-electron chi connectivity index (χ1n) is 5.94. The lowest BCUT2D eigenvalue weighted by atomic mass is 10.1. The molecule has 1 amide bonds. The van der Waals surface area contributed by atoms with Gasteiger partial charge in [-0.05, 0) is 24.8 Å². The Labute approximate surface area is 111 Å². The van der Waals surface area contributed by atoms with Crippen molar-refractivity contribution in [3.8, 4) is 0 Å². The summed E-state index contributed by atoms with van der Waals surface area (Å²) in [5.74, 6) is 0.609. The minimum absolute atomic E-state index is 0.177. The maximum Gasteiger partial charge on any atom is 0.252 e. The van der Waals surface area contributed by atoms with Crippen LogP contribution >= 0.6 is 11.6 Å². The van der Waals surface area contributed by atoms with Gasteiger partial charge in [0.1, 0.15) is 5.82 Å². The standard InChI is InChI=1S/C12H16ClN3O2/c13-10-5-9(6-16-11(10)14)12(17)15-3-1-8-2-4-18-7-8/h5-6,8H,1-4,7H2,(H2,14,16)(H,15,17). The van der Waals surface area contributed by atoms with Crippen LogP contribution in [0.25, 0.3) is 0 Å². The van der Waals surface area contributed by atoms with Crippen LogP contribution in [0.3, 0.4) is 0 Å². The third-order valence-corrected chi connectivity index (χ3v) is 3.30. The summed E-state index contributed by atoms with van der Waals surface area (Å²) in [6, 6.07) is 1.53. The van der Waals surface area contributed by atoms with Crippen LogP contribution in [0.15, 0.2) is 12.3 Å². The molecule has 1 aromatic rings. The summed E-state index contributed by atoms with van der Waals surface area (Å²) in [5, 5.41) is 3.14. The van der Waals surface area contributed by atoms with Gasteiger partial charge < -0.3 is 15.8 Å². The first-order valence-corrected chi connectivity index (χ1v) is 6.31. The lowest BCUT2D eigenvalue weighted by molar-refractivity contribution is 0.0950. The molecular weight excluding hydrogens is 254 g/mol. The third-order valence-electron chi connectivity index (χ3n) is 2.99. The van der Waals surface area contributed by atoms with E-state index in [0.717, 1.165) is 26.1 Å². The highest BCUT2D eigenvalue weighted by Crippen LogP contribution is 2.17. The van der Waals surface area contributed by atoms with Crippen molar-refractivity contribution in [1.82, 2.24) is 10.3 Å². The molecule has 0 saturated carbocycles. The molecule has 2 heterocycles. The number of ether oxygens (including phenoxy) is 1. The molecule has 1 atom stereocenters. The van der Waals surface area contributed by atoms with Crippen LogP contribution in [-0.2, 0) is 4.74 Å². The second kappa shape index (κ2) is 6.02. The Balaban J connectivity index is 1.81. The Hall–Kier alpha value is -1.33. The molecule has 3 N–H and O–H groups in total. The van der Waals surface area contributed by atoms with Gasteiger partial charge in [0.2, 0.25) is 0 Å². The number of amides is 1. The predicted molar refractivity (Wildman–Crippen MR) is 69.5 cm³/mol. The zero-order valence-electron chi connectivity index (χ0n) is 9.99. The molecule has 2 rings (SSSR count). The third kappa shape index (κ3) is 3.34. The van der Waals surface area contributed by atoms with Crippen LogP contribution < -0.4 is 11.1 Å². The van der Waals surface area contributed by atoms with Crippen molar-refractivity contribution in [1.29, 1.82) is 0 Å². The van der Waals surface area contributed by atoms with Crippen LogP contribution in [0.2, 0.25) is 5.02 Å². The van der Waals surface area contributed by atoms with Gasteiger partial charge in [0.25, 0.3) is 5.91 Å². The normalized spacial score (nSPS) is 18.8. The molecular formula is C12H16ClN3O2. The molecule has 0 bridgehead atoms. The number of rotatable bonds is 4.